The van der Waals surface area contributed by atoms with Crippen molar-refractivity contribution < 1.29 is 4.42 Å². The van der Waals surface area contributed by atoms with E-state index in [4.69, 9.17) is 4.42 Å². The Morgan fingerprint density at radius 2 is 2.09 bits per heavy atom. The van der Waals surface area contributed by atoms with E-state index < -0.39 is 0 Å². The number of rotatable bonds is 3. The van der Waals surface area contributed by atoms with Gasteiger partial charge < -0.3 is 4.42 Å². The molecule has 0 unspecified atom stereocenters. The summed E-state index contributed by atoms with van der Waals surface area (Å²) in [6, 6.07) is 10.4. The fourth-order valence-electron chi connectivity index (χ4n) is 3.85. The number of thiophene rings is 1. The molecule has 5 heteroatoms. The molecule has 4 nitrogen and oxygen atoms in total. The summed E-state index contributed by atoms with van der Waals surface area (Å²) in [7, 11) is 0. The lowest BCUT2D eigenvalue weighted by molar-refractivity contribution is 0.123. The predicted molar refractivity (Wildman–Crippen MR) is 90.7 cm³/mol. The first-order chi connectivity index (χ1) is 11.3. The Balaban J connectivity index is 1.54. The molecule has 1 aromatic carbocycles. The Bertz CT molecular complexity index is 918. The van der Waals surface area contributed by atoms with Crippen molar-refractivity contribution in [1.82, 2.24) is 9.47 Å². The molecule has 0 radical (unpaired) electrons. The van der Waals surface area contributed by atoms with E-state index in [0.29, 0.717) is 18.3 Å². The summed E-state index contributed by atoms with van der Waals surface area (Å²) in [6.45, 7) is 1.63. The van der Waals surface area contributed by atoms with Gasteiger partial charge in [-0.2, -0.15) is 0 Å². The molecule has 0 bridgehead atoms. The number of nitrogens with zero attached hydrogens (tertiary/aromatic N) is 2. The van der Waals surface area contributed by atoms with Crippen molar-refractivity contribution in [1.29, 1.82) is 0 Å². The molecule has 1 saturated carbocycles. The summed E-state index contributed by atoms with van der Waals surface area (Å²) in [6.07, 6.45) is 3.69. The molecular formula is C18H18N2O2S. The highest BCUT2D eigenvalue weighted by Crippen LogP contribution is 2.48. The average molecular weight is 326 g/mol. The monoisotopic (exact) mass is 326 g/mol. The highest BCUT2D eigenvalue weighted by atomic mass is 32.1. The largest absolute Gasteiger partial charge is 0.421 e. The molecule has 0 amide bonds. The highest BCUT2D eigenvalue weighted by molar-refractivity contribution is 7.10. The van der Waals surface area contributed by atoms with Gasteiger partial charge in [-0.05, 0) is 54.3 Å². The Hall–Kier alpha value is -1.85. The third-order valence-corrected chi connectivity index (χ3v) is 6.08. The maximum atomic E-state index is 12.3. The second-order valence-corrected chi connectivity index (χ2v) is 7.55. The molecule has 5 rings (SSSR count). The van der Waals surface area contributed by atoms with E-state index in [1.54, 1.807) is 4.57 Å². The van der Waals surface area contributed by atoms with E-state index in [9.17, 15) is 4.79 Å². The minimum Gasteiger partial charge on any atom is -0.408 e. The molecule has 1 fully saturated rings. The molecular weight excluding hydrogens is 308 g/mol. The van der Waals surface area contributed by atoms with Gasteiger partial charge in [-0.3, -0.25) is 9.47 Å². The zero-order valence-corrected chi connectivity index (χ0v) is 13.6. The molecule has 1 aliphatic carbocycles. The number of fused-ring (bicyclic) bond motifs is 2. The van der Waals surface area contributed by atoms with Crippen LogP contribution in [-0.2, 0) is 13.1 Å². The van der Waals surface area contributed by atoms with Crippen molar-refractivity contribution in [2.75, 3.05) is 6.54 Å². The molecule has 2 aliphatic rings. The number of hydrogen-bond donors (Lipinski definition) is 0. The van der Waals surface area contributed by atoms with Gasteiger partial charge in [0.25, 0.3) is 0 Å². The van der Waals surface area contributed by atoms with Crippen molar-refractivity contribution in [3.05, 3.63) is 56.7 Å². The normalized spacial score (nSPS) is 21.7. The molecule has 0 spiro atoms. The predicted octanol–water partition coefficient (Wildman–Crippen LogP) is 3.62. The van der Waals surface area contributed by atoms with Crippen molar-refractivity contribution >= 4 is 22.4 Å². The van der Waals surface area contributed by atoms with E-state index in [-0.39, 0.29) is 5.76 Å². The van der Waals surface area contributed by atoms with Crippen LogP contribution >= 0.6 is 11.3 Å². The van der Waals surface area contributed by atoms with Crippen LogP contribution in [-0.4, -0.2) is 16.0 Å². The van der Waals surface area contributed by atoms with Crippen molar-refractivity contribution in [3.8, 4) is 0 Å². The van der Waals surface area contributed by atoms with Crippen LogP contribution in [0.15, 0.2) is 44.9 Å². The van der Waals surface area contributed by atoms with E-state index in [2.05, 4.69) is 16.3 Å². The van der Waals surface area contributed by atoms with E-state index >= 15 is 0 Å². The zero-order chi connectivity index (χ0) is 15.4. The van der Waals surface area contributed by atoms with Gasteiger partial charge in [0.1, 0.15) is 0 Å². The number of aromatic nitrogens is 1. The smallest absolute Gasteiger partial charge is 0.408 e. The van der Waals surface area contributed by atoms with Crippen LogP contribution in [0.25, 0.3) is 11.1 Å². The zero-order valence-electron chi connectivity index (χ0n) is 12.8. The molecule has 0 saturated heterocycles. The minimum atomic E-state index is -0.253. The number of hydrogen-bond acceptors (Lipinski definition) is 4. The van der Waals surface area contributed by atoms with Crippen LogP contribution in [0.1, 0.15) is 29.3 Å². The summed E-state index contributed by atoms with van der Waals surface area (Å²) in [5.74, 6) is 0.495. The third-order valence-electron chi connectivity index (χ3n) is 5.08. The van der Waals surface area contributed by atoms with E-state index in [0.717, 1.165) is 24.4 Å². The van der Waals surface area contributed by atoms with Crippen molar-refractivity contribution in [2.45, 2.75) is 32.0 Å². The molecule has 2 aromatic heterocycles. The first-order valence-electron chi connectivity index (χ1n) is 8.20. The fraction of sp³-hybridized carbons (Fsp3) is 0.389. The summed E-state index contributed by atoms with van der Waals surface area (Å²) < 4.78 is 7.17. The first kappa shape index (κ1) is 13.6. The van der Waals surface area contributed by atoms with Crippen molar-refractivity contribution in [3.63, 3.8) is 0 Å². The standard InChI is InChI=1S/C18H18N2O2S/c21-18-20(14-3-1-2-4-15(14)22-18)11-19-9-7-16-13(8-10-23-16)17(19)12-5-6-12/h1-4,8,10,12,17H,5-7,9,11H2/t17-/m0/s1. The van der Waals surface area contributed by atoms with Crippen LogP contribution in [0, 0.1) is 5.92 Å². The van der Waals surface area contributed by atoms with E-state index in [1.165, 1.54) is 23.3 Å². The van der Waals surface area contributed by atoms with Gasteiger partial charge in [0, 0.05) is 17.5 Å². The SMILES string of the molecule is O=c1oc2ccccc2n1CN1CCc2sccc2[C@@H]1C1CC1. The molecule has 3 aromatic rings. The maximum Gasteiger partial charge on any atom is 0.421 e. The maximum absolute atomic E-state index is 12.3. The van der Waals surface area contributed by atoms with Gasteiger partial charge in [0.15, 0.2) is 5.58 Å². The molecule has 118 valence electrons. The van der Waals surface area contributed by atoms with Gasteiger partial charge in [0.2, 0.25) is 0 Å². The molecule has 1 atom stereocenters. The molecule has 0 N–H and O–H groups in total. The van der Waals surface area contributed by atoms with Gasteiger partial charge in [-0.15, -0.1) is 11.3 Å². The second kappa shape index (κ2) is 5.08. The lowest BCUT2D eigenvalue weighted by atomic mass is 9.96. The number of oxazole rings is 1. The Labute approximate surface area is 137 Å². The first-order valence-corrected chi connectivity index (χ1v) is 9.08. The van der Waals surface area contributed by atoms with Crippen LogP contribution in [0.3, 0.4) is 0 Å². The average Bonchev–Trinajstić information content (AvgIpc) is 3.20. The fourth-order valence-corrected chi connectivity index (χ4v) is 4.76. The summed E-state index contributed by atoms with van der Waals surface area (Å²) in [5, 5.41) is 2.21. The van der Waals surface area contributed by atoms with Gasteiger partial charge in [-0.25, -0.2) is 4.79 Å². The summed E-state index contributed by atoms with van der Waals surface area (Å²) in [5.41, 5.74) is 3.06. The van der Waals surface area contributed by atoms with Gasteiger partial charge in [-0.1, -0.05) is 12.1 Å². The lowest BCUT2D eigenvalue weighted by Crippen LogP contribution is -2.39. The summed E-state index contributed by atoms with van der Waals surface area (Å²) in [4.78, 5) is 16.3. The molecule has 23 heavy (non-hydrogen) atoms. The van der Waals surface area contributed by atoms with E-state index in [1.807, 2.05) is 35.6 Å². The Morgan fingerprint density at radius 1 is 1.22 bits per heavy atom. The minimum absolute atomic E-state index is 0.253. The van der Waals surface area contributed by atoms with Crippen LogP contribution < -0.4 is 5.76 Å². The highest BCUT2D eigenvalue weighted by Gasteiger charge is 2.40. The van der Waals surface area contributed by atoms with Gasteiger partial charge >= 0.3 is 5.76 Å². The van der Waals surface area contributed by atoms with Crippen LogP contribution in [0.2, 0.25) is 0 Å². The third kappa shape index (κ3) is 2.18. The Kier molecular flexibility index (Phi) is 3.00. The van der Waals surface area contributed by atoms with Crippen molar-refractivity contribution in [2.24, 2.45) is 5.92 Å². The lowest BCUT2D eigenvalue weighted by Gasteiger charge is -2.36. The molecule has 3 heterocycles. The number of benzene rings is 1. The van der Waals surface area contributed by atoms with Gasteiger partial charge in [0.05, 0.1) is 12.2 Å². The summed E-state index contributed by atoms with van der Waals surface area (Å²) >= 11 is 1.88. The quantitative estimate of drug-likeness (QED) is 0.738. The van der Waals surface area contributed by atoms with Crippen LogP contribution in [0.5, 0.6) is 0 Å². The number of para-hydroxylation sites is 2. The topological polar surface area (TPSA) is 38.4 Å². The Morgan fingerprint density at radius 3 is 2.96 bits per heavy atom. The van der Waals surface area contributed by atoms with Crippen LogP contribution in [0.4, 0.5) is 0 Å². The molecule has 1 aliphatic heterocycles. The second-order valence-electron chi connectivity index (χ2n) is 6.55.